The van der Waals surface area contributed by atoms with Crippen molar-refractivity contribution in [3.05, 3.63) is 35.9 Å². The minimum Gasteiger partial charge on any atom is -0.360 e. The highest BCUT2D eigenvalue weighted by atomic mass is 15.2. The first kappa shape index (κ1) is 6.53. The first-order valence-corrected chi connectivity index (χ1v) is 4.57. The van der Waals surface area contributed by atoms with E-state index < -0.39 is 0 Å². The van der Waals surface area contributed by atoms with Gasteiger partial charge in [-0.15, -0.1) is 0 Å². The van der Waals surface area contributed by atoms with Gasteiger partial charge in [0.15, 0.2) is 0 Å². The summed E-state index contributed by atoms with van der Waals surface area (Å²) in [5, 5.41) is 0. The third-order valence-electron chi connectivity index (χ3n) is 2.77. The third-order valence-corrected chi connectivity index (χ3v) is 2.77. The molecular formula is C11H11N. The molecule has 1 nitrogen and oxygen atoms in total. The Morgan fingerprint density at radius 1 is 1.17 bits per heavy atom. The lowest BCUT2D eigenvalue weighted by Crippen LogP contribution is -2.21. The fourth-order valence-electron chi connectivity index (χ4n) is 2.22. The molecule has 0 aliphatic carbocycles. The van der Waals surface area contributed by atoms with Gasteiger partial charge in [-0.05, 0) is 30.4 Å². The van der Waals surface area contributed by atoms with Gasteiger partial charge in [-0.1, -0.05) is 18.2 Å². The Bertz CT molecular complexity index is 317. The van der Waals surface area contributed by atoms with Gasteiger partial charge in [-0.25, -0.2) is 0 Å². The summed E-state index contributed by atoms with van der Waals surface area (Å²) in [6.07, 6.45) is 3.48. The number of para-hydroxylation sites is 1. The van der Waals surface area contributed by atoms with Crippen LogP contribution in [0.1, 0.15) is 17.5 Å². The number of hydrogen-bond donors (Lipinski definition) is 0. The van der Waals surface area contributed by atoms with Crippen LogP contribution >= 0.6 is 0 Å². The Labute approximate surface area is 73.0 Å². The molecular weight excluding hydrogens is 146 g/mol. The number of rotatable bonds is 0. The van der Waals surface area contributed by atoms with Crippen LogP contribution in [0.4, 0.5) is 5.69 Å². The normalized spacial score (nSPS) is 19.5. The molecule has 0 aromatic heterocycles. The molecule has 0 saturated heterocycles. The van der Waals surface area contributed by atoms with Crippen molar-refractivity contribution in [1.29, 1.82) is 0 Å². The Balaban J connectivity index is 2.23. The molecule has 0 bridgehead atoms. The summed E-state index contributed by atoms with van der Waals surface area (Å²) in [6, 6.07) is 6.67. The second-order valence-electron chi connectivity index (χ2n) is 3.48. The summed E-state index contributed by atoms with van der Waals surface area (Å²) in [4.78, 5) is 2.30. The van der Waals surface area contributed by atoms with E-state index in [1.807, 2.05) is 0 Å². The number of anilines is 1. The smallest absolute Gasteiger partial charge is 0.0915 e. The molecule has 0 N–H and O–H groups in total. The SMILES string of the molecule is [C]1CCc2cccc3c2N1CC3. The van der Waals surface area contributed by atoms with Crippen LogP contribution in [0.15, 0.2) is 18.2 Å². The van der Waals surface area contributed by atoms with Crippen LogP contribution in [0.3, 0.4) is 0 Å². The average Bonchev–Trinajstić information content (AvgIpc) is 2.52. The van der Waals surface area contributed by atoms with Gasteiger partial charge in [0.25, 0.3) is 0 Å². The number of nitrogens with zero attached hydrogens (tertiary/aromatic N) is 1. The Kier molecular flexibility index (Phi) is 1.23. The van der Waals surface area contributed by atoms with E-state index in [0.717, 1.165) is 13.0 Å². The molecule has 2 aliphatic heterocycles. The summed E-state index contributed by atoms with van der Waals surface area (Å²) < 4.78 is 0. The number of benzene rings is 1. The van der Waals surface area contributed by atoms with Crippen molar-refractivity contribution in [2.45, 2.75) is 19.3 Å². The van der Waals surface area contributed by atoms with Crippen molar-refractivity contribution in [3.63, 3.8) is 0 Å². The lowest BCUT2D eigenvalue weighted by atomic mass is 10.0. The molecule has 0 unspecified atom stereocenters. The molecule has 0 spiro atoms. The molecule has 2 aliphatic rings. The predicted octanol–water partition coefficient (Wildman–Crippen LogP) is 2.03. The maximum atomic E-state index is 3.41. The summed E-state index contributed by atoms with van der Waals surface area (Å²) in [7, 11) is 0. The van der Waals surface area contributed by atoms with Gasteiger partial charge in [-0.2, -0.15) is 0 Å². The maximum Gasteiger partial charge on any atom is 0.0915 e. The van der Waals surface area contributed by atoms with E-state index in [2.05, 4.69) is 29.6 Å². The topological polar surface area (TPSA) is 3.24 Å². The Hall–Kier alpha value is -0.980. The summed E-state index contributed by atoms with van der Waals surface area (Å²) in [5.41, 5.74) is 4.49. The minimum atomic E-state index is 1.09. The molecule has 2 radical (unpaired) electrons. The van der Waals surface area contributed by atoms with Crippen LogP contribution in [-0.4, -0.2) is 6.54 Å². The zero-order chi connectivity index (χ0) is 7.97. The zero-order valence-corrected chi connectivity index (χ0v) is 7.01. The van der Waals surface area contributed by atoms with Crippen LogP contribution in [-0.2, 0) is 12.8 Å². The number of aryl methyl sites for hydroxylation is 1. The van der Waals surface area contributed by atoms with Crippen molar-refractivity contribution in [2.75, 3.05) is 11.4 Å². The fourth-order valence-corrected chi connectivity index (χ4v) is 2.22. The van der Waals surface area contributed by atoms with E-state index in [1.165, 1.54) is 29.7 Å². The Morgan fingerprint density at radius 2 is 2.00 bits per heavy atom. The van der Waals surface area contributed by atoms with E-state index in [4.69, 9.17) is 0 Å². The quantitative estimate of drug-likeness (QED) is 0.557. The van der Waals surface area contributed by atoms with E-state index in [0.29, 0.717) is 0 Å². The molecule has 1 aromatic rings. The largest absolute Gasteiger partial charge is 0.360 e. The highest BCUT2D eigenvalue weighted by Crippen LogP contribution is 2.36. The molecule has 3 rings (SSSR count). The van der Waals surface area contributed by atoms with Crippen molar-refractivity contribution < 1.29 is 0 Å². The van der Waals surface area contributed by atoms with Crippen molar-refractivity contribution in [1.82, 2.24) is 0 Å². The number of hydrogen-bond acceptors (Lipinski definition) is 1. The van der Waals surface area contributed by atoms with Crippen LogP contribution in [0.25, 0.3) is 0 Å². The molecule has 0 amide bonds. The fraction of sp³-hybridized carbons (Fsp3) is 0.364. The molecule has 0 saturated carbocycles. The first-order valence-electron chi connectivity index (χ1n) is 4.57. The maximum absolute atomic E-state index is 3.41. The van der Waals surface area contributed by atoms with Crippen LogP contribution in [0, 0.1) is 6.54 Å². The zero-order valence-electron chi connectivity index (χ0n) is 7.01. The van der Waals surface area contributed by atoms with Gasteiger partial charge in [0.2, 0.25) is 0 Å². The van der Waals surface area contributed by atoms with E-state index in [-0.39, 0.29) is 0 Å². The third kappa shape index (κ3) is 0.739. The molecule has 1 aromatic carbocycles. The predicted molar refractivity (Wildman–Crippen MR) is 49.1 cm³/mol. The Morgan fingerprint density at radius 3 is 2.92 bits per heavy atom. The van der Waals surface area contributed by atoms with Gasteiger partial charge in [-0.3, -0.25) is 0 Å². The molecule has 0 fully saturated rings. The van der Waals surface area contributed by atoms with Crippen molar-refractivity contribution in [3.8, 4) is 0 Å². The second-order valence-corrected chi connectivity index (χ2v) is 3.48. The lowest BCUT2D eigenvalue weighted by Gasteiger charge is -2.25. The van der Waals surface area contributed by atoms with E-state index in [9.17, 15) is 0 Å². The summed E-state index contributed by atoms with van der Waals surface area (Å²) in [5.74, 6) is 0. The second kappa shape index (κ2) is 2.25. The van der Waals surface area contributed by atoms with Crippen molar-refractivity contribution in [2.24, 2.45) is 0 Å². The van der Waals surface area contributed by atoms with Crippen LogP contribution < -0.4 is 4.90 Å². The highest BCUT2D eigenvalue weighted by Gasteiger charge is 2.25. The summed E-state index contributed by atoms with van der Waals surface area (Å²) >= 11 is 0. The monoisotopic (exact) mass is 157 g/mol. The van der Waals surface area contributed by atoms with Gasteiger partial charge in [0.05, 0.1) is 6.54 Å². The van der Waals surface area contributed by atoms with Gasteiger partial charge < -0.3 is 4.90 Å². The van der Waals surface area contributed by atoms with Gasteiger partial charge in [0, 0.05) is 12.2 Å². The molecule has 60 valence electrons. The van der Waals surface area contributed by atoms with Crippen molar-refractivity contribution >= 4 is 5.69 Å². The molecule has 2 heterocycles. The highest BCUT2D eigenvalue weighted by molar-refractivity contribution is 5.65. The van der Waals surface area contributed by atoms with Gasteiger partial charge in [0.1, 0.15) is 0 Å². The average molecular weight is 157 g/mol. The minimum absolute atomic E-state index is 1.09. The van der Waals surface area contributed by atoms with E-state index >= 15 is 0 Å². The standard InChI is InChI=1S/C11H11N/c1-3-9-5-2-7-12-8-6-10(4-1)11(9)12/h1,3-4H,2,5-6,8H2. The van der Waals surface area contributed by atoms with Crippen LogP contribution in [0.5, 0.6) is 0 Å². The summed E-state index contributed by atoms with van der Waals surface area (Å²) in [6.45, 7) is 4.56. The molecule has 12 heavy (non-hydrogen) atoms. The van der Waals surface area contributed by atoms with Gasteiger partial charge >= 0.3 is 0 Å². The lowest BCUT2D eigenvalue weighted by molar-refractivity contribution is 0.803. The molecule has 1 heteroatoms. The van der Waals surface area contributed by atoms with Crippen LogP contribution in [0.2, 0.25) is 0 Å². The first-order chi connectivity index (χ1) is 5.95. The molecule has 0 atom stereocenters. The van der Waals surface area contributed by atoms with E-state index in [1.54, 1.807) is 0 Å².